The van der Waals surface area contributed by atoms with Gasteiger partial charge in [-0.2, -0.15) is 0 Å². The number of carbonyl (C=O) groups is 1. The number of thiophene rings is 1. The van der Waals surface area contributed by atoms with Gasteiger partial charge in [0.05, 0.1) is 17.4 Å². The number of aryl methyl sites for hydroxylation is 2. The zero-order valence-electron chi connectivity index (χ0n) is 16.3. The number of benzene rings is 1. The normalized spacial score (nSPS) is 11.0. The molecule has 3 aromatic heterocycles. The summed E-state index contributed by atoms with van der Waals surface area (Å²) in [5, 5.41) is 7.33. The average Bonchev–Trinajstić information content (AvgIpc) is 3.36. The van der Waals surface area contributed by atoms with Crippen molar-refractivity contribution in [1.82, 2.24) is 24.8 Å². The molecular formula is C21H22N6OS. The summed E-state index contributed by atoms with van der Waals surface area (Å²) in [6, 6.07) is 7.96. The van der Waals surface area contributed by atoms with Crippen LogP contribution in [0.4, 0.5) is 5.82 Å². The van der Waals surface area contributed by atoms with Crippen LogP contribution in [-0.4, -0.2) is 32.0 Å². The van der Waals surface area contributed by atoms with Gasteiger partial charge in [0.1, 0.15) is 17.0 Å². The van der Waals surface area contributed by atoms with Crippen molar-refractivity contribution >= 4 is 33.3 Å². The third-order valence-electron chi connectivity index (χ3n) is 4.86. The second-order valence-electron chi connectivity index (χ2n) is 6.74. The quantitative estimate of drug-likeness (QED) is 0.490. The van der Waals surface area contributed by atoms with Crippen LogP contribution in [0.15, 0.2) is 49.3 Å². The topological polar surface area (TPSA) is 84.7 Å². The molecule has 0 unspecified atom stereocenters. The molecule has 8 heteroatoms. The van der Waals surface area contributed by atoms with Gasteiger partial charge in [-0.1, -0.05) is 18.2 Å². The minimum atomic E-state index is -0.0125. The van der Waals surface area contributed by atoms with Crippen LogP contribution in [0.2, 0.25) is 0 Å². The first-order valence-electron chi connectivity index (χ1n) is 9.41. The van der Waals surface area contributed by atoms with Gasteiger partial charge in [0.25, 0.3) is 0 Å². The lowest BCUT2D eigenvalue weighted by molar-refractivity contribution is -0.121. The van der Waals surface area contributed by atoms with Gasteiger partial charge >= 0.3 is 0 Å². The monoisotopic (exact) mass is 406 g/mol. The van der Waals surface area contributed by atoms with Gasteiger partial charge in [-0.05, 0) is 31.0 Å². The Hall–Kier alpha value is -3.26. The highest BCUT2D eigenvalue weighted by molar-refractivity contribution is 7.18. The zero-order chi connectivity index (χ0) is 20.2. The third kappa shape index (κ3) is 4.12. The van der Waals surface area contributed by atoms with E-state index in [2.05, 4.69) is 39.4 Å². The Kier molecular flexibility index (Phi) is 5.53. The maximum absolute atomic E-state index is 12.3. The number of aromatic nitrogens is 4. The van der Waals surface area contributed by atoms with E-state index in [0.717, 1.165) is 27.3 Å². The van der Waals surface area contributed by atoms with E-state index in [0.29, 0.717) is 19.5 Å². The van der Waals surface area contributed by atoms with E-state index < -0.39 is 0 Å². The Morgan fingerprint density at radius 2 is 2.07 bits per heavy atom. The molecule has 4 aromatic rings. The van der Waals surface area contributed by atoms with Gasteiger partial charge in [0, 0.05) is 36.8 Å². The molecule has 29 heavy (non-hydrogen) atoms. The molecule has 4 rings (SSSR count). The number of fused-ring (bicyclic) bond motifs is 1. The lowest BCUT2D eigenvalue weighted by Gasteiger charge is -2.12. The molecule has 0 aliphatic heterocycles. The third-order valence-corrected chi connectivity index (χ3v) is 5.98. The number of amides is 1. The molecule has 0 bridgehead atoms. The van der Waals surface area contributed by atoms with E-state index in [1.54, 1.807) is 30.2 Å². The molecule has 1 amide bonds. The molecule has 0 atom stereocenters. The van der Waals surface area contributed by atoms with E-state index in [1.807, 2.05) is 35.0 Å². The molecule has 0 aliphatic carbocycles. The minimum Gasteiger partial charge on any atom is -0.369 e. The Balaban J connectivity index is 1.34. The van der Waals surface area contributed by atoms with Crippen LogP contribution in [0.5, 0.6) is 0 Å². The van der Waals surface area contributed by atoms with Gasteiger partial charge in [-0.15, -0.1) is 11.3 Å². The molecule has 3 heterocycles. The summed E-state index contributed by atoms with van der Waals surface area (Å²) in [6.07, 6.45) is 7.30. The van der Waals surface area contributed by atoms with Crippen LogP contribution in [0, 0.1) is 13.8 Å². The molecule has 0 saturated heterocycles. The highest BCUT2D eigenvalue weighted by Gasteiger charge is 2.12. The molecule has 2 N–H and O–H groups in total. The molecule has 0 fully saturated rings. The number of anilines is 1. The second-order valence-corrected chi connectivity index (χ2v) is 7.94. The molecule has 7 nitrogen and oxygen atoms in total. The van der Waals surface area contributed by atoms with Crippen LogP contribution in [-0.2, 0) is 11.3 Å². The van der Waals surface area contributed by atoms with Crippen molar-refractivity contribution in [3.8, 4) is 5.69 Å². The van der Waals surface area contributed by atoms with Crippen molar-refractivity contribution in [2.45, 2.75) is 26.8 Å². The summed E-state index contributed by atoms with van der Waals surface area (Å²) in [7, 11) is 0. The van der Waals surface area contributed by atoms with Gasteiger partial charge in [-0.3, -0.25) is 4.79 Å². The van der Waals surface area contributed by atoms with E-state index in [-0.39, 0.29) is 5.91 Å². The highest BCUT2D eigenvalue weighted by atomic mass is 32.1. The first-order valence-corrected chi connectivity index (χ1v) is 10.2. The largest absolute Gasteiger partial charge is 0.369 e. The molecule has 0 spiro atoms. The molecule has 1 aromatic carbocycles. The maximum atomic E-state index is 12.3. The van der Waals surface area contributed by atoms with E-state index in [1.165, 1.54) is 10.4 Å². The Morgan fingerprint density at radius 1 is 1.21 bits per heavy atom. The van der Waals surface area contributed by atoms with E-state index in [9.17, 15) is 4.79 Å². The SMILES string of the molecule is Cc1sc2ncnc(NCCC(=O)NCc3ccccc3-n3ccnc3)c2c1C. The Labute approximate surface area is 172 Å². The fourth-order valence-corrected chi connectivity index (χ4v) is 4.20. The minimum absolute atomic E-state index is 0.0125. The number of hydrogen-bond acceptors (Lipinski definition) is 6. The van der Waals surface area contributed by atoms with Crippen molar-refractivity contribution in [1.29, 1.82) is 0 Å². The number of nitrogens with zero attached hydrogens (tertiary/aromatic N) is 4. The van der Waals surface area contributed by atoms with Gasteiger partial charge < -0.3 is 15.2 Å². The Bertz CT molecular complexity index is 1140. The smallest absolute Gasteiger partial charge is 0.222 e. The summed E-state index contributed by atoms with van der Waals surface area (Å²) in [5.41, 5.74) is 3.23. The number of carbonyl (C=O) groups excluding carboxylic acids is 1. The number of hydrogen-bond donors (Lipinski definition) is 2. The standard InChI is InChI=1S/C21H22N6OS/c1-14-15(2)29-21-19(14)20(25-12-26-21)23-8-7-18(28)24-11-16-5-3-4-6-17(16)27-10-9-22-13-27/h3-6,9-10,12-13H,7-8,11H2,1-2H3,(H,24,28)(H,23,25,26). The predicted molar refractivity (Wildman–Crippen MR) is 115 cm³/mol. The van der Waals surface area contributed by atoms with Crippen LogP contribution in [0.1, 0.15) is 22.4 Å². The molecule has 148 valence electrons. The van der Waals surface area contributed by atoms with Crippen LogP contribution < -0.4 is 10.6 Å². The van der Waals surface area contributed by atoms with E-state index in [4.69, 9.17) is 0 Å². The second kappa shape index (κ2) is 8.40. The van der Waals surface area contributed by atoms with Gasteiger partial charge in [-0.25, -0.2) is 15.0 Å². The number of rotatable bonds is 7. The van der Waals surface area contributed by atoms with Crippen molar-refractivity contribution < 1.29 is 4.79 Å². The number of nitrogens with one attached hydrogen (secondary N) is 2. The zero-order valence-corrected chi connectivity index (χ0v) is 17.2. The molecular weight excluding hydrogens is 384 g/mol. The summed E-state index contributed by atoms with van der Waals surface area (Å²) in [6.45, 7) is 5.14. The molecule has 0 radical (unpaired) electrons. The van der Waals surface area contributed by atoms with E-state index >= 15 is 0 Å². The summed E-state index contributed by atoms with van der Waals surface area (Å²) in [5.74, 6) is 0.775. The first kappa shape index (κ1) is 19.1. The fraction of sp³-hybridized carbons (Fsp3) is 0.238. The molecule has 0 aliphatic rings. The van der Waals surface area contributed by atoms with Crippen LogP contribution in [0.3, 0.4) is 0 Å². The highest BCUT2D eigenvalue weighted by Crippen LogP contribution is 2.32. The number of imidazole rings is 1. The lowest BCUT2D eigenvalue weighted by atomic mass is 10.1. The van der Waals surface area contributed by atoms with Gasteiger partial charge in [0.2, 0.25) is 5.91 Å². The first-order chi connectivity index (χ1) is 14.1. The summed E-state index contributed by atoms with van der Waals surface area (Å²) in [4.78, 5) is 27.3. The van der Waals surface area contributed by atoms with Crippen molar-refractivity contribution in [2.24, 2.45) is 0 Å². The van der Waals surface area contributed by atoms with Crippen molar-refractivity contribution in [3.63, 3.8) is 0 Å². The average molecular weight is 407 g/mol. The molecule has 0 saturated carbocycles. The van der Waals surface area contributed by atoms with Gasteiger partial charge in [0.15, 0.2) is 0 Å². The maximum Gasteiger partial charge on any atom is 0.222 e. The van der Waals surface area contributed by atoms with Crippen LogP contribution >= 0.6 is 11.3 Å². The summed E-state index contributed by atoms with van der Waals surface area (Å²) >= 11 is 1.66. The number of para-hydroxylation sites is 1. The summed E-state index contributed by atoms with van der Waals surface area (Å²) < 4.78 is 1.94. The lowest BCUT2D eigenvalue weighted by Crippen LogP contribution is -2.25. The van der Waals surface area contributed by atoms with Crippen molar-refractivity contribution in [3.05, 3.63) is 65.3 Å². The predicted octanol–water partition coefficient (Wildman–Crippen LogP) is 3.61. The van der Waals surface area contributed by atoms with Crippen LogP contribution in [0.25, 0.3) is 15.9 Å². The Morgan fingerprint density at radius 3 is 2.90 bits per heavy atom. The fourth-order valence-electron chi connectivity index (χ4n) is 3.21. The van der Waals surface area contributed by atoms with Crippen molar-refractivity contribution in [2.75, 3.05) is 11.9 Å².